The molecule has 41 heavy (non-hydrogen) atoms. The number of hydrogen-bond acceptors (Lipinski definition) is 6. The zero-order chi connectivity index (χ0) is 28.3. The Bertz CT molecular complexity index is 2020. The summed E-state index contributed by atoms with van der Waals surface area (Å²) in [7, 11) is 2.22. The lowest BCUT2D eigenvalue weighted by molar-refractivity contribution is -0.122. The van der Waals surface area contributed by atoms with E-state index in [1.165, 1.54) is 0 Å². The average Bonchev–Trinajstić information content (AvgIpc) is 3.19. The van der Waals surface area contributed by atoms with Crippen LogP contribution in [0, 0.1) is 0 Å². The lowest BCUT2D eigenvalue weighted by Crippen LogP contribution is -2.40. The summed E-state index contributed by atoms with van der Waals surface area (Å²) < 4.78 is 32.2. The summed E-state index contributed by atoms with van der Waals surface area (Å²) in [5.74, 6) is -0.00675. The molecule has 12 heteroatoms. The number of aromatic nitrogens is 6. The molecule has 0 unspecified atom stereocenters. The van der Waals surface area contributed by atoms with Gasteiger partial charge in [-0.25, -0.2) is 18.1 Å². The van der Waals surface area contributed by atoms with Crippen molar-refractivity contribution in [2.45, 2.75) is 48.8 Å². The molecule has 1 aliphatic heterocycles. The van der Waals surface area contributed by atoms with Crippen molar-refractivity contribution in [2.24, 2.45) is 14.1 Å². The minimum atomic E-state index is -3.38. The number of aromatic amines is 1. The quantitative estimate of drug-likeness (QED) is 0.333. The highest BCUT2D eigenvalue weighted by Gasteiger charge is 2.56. The molecule has 1 spiro atoms. The molecule has 0 radical (unpaired) electrons. The smallest absolute Gasteiger partial charge is 0.237 e. The molecule has 11 nitrogen and oxygen atoms in total. The van der Waals surface area contributed by atoms with Gasteiger partial charge in [0.2, 0.25) is 15.9 Å². The van der Waals surface area contributed by atoms with E-state index in [1.54, 1.807) is 22.8 Å². The van der Waals surface area contributed by atoms with Crippen molar-refractivity contribution in [2.75, 3.05) is 11.9 Å². The third kappa shape index (κ3) is 3.50. The van der Waals surface area contributed by atoms with Gasteiger partial charge in [-0.2, -0.15) is 10.2 Å². The van der Waals surface area contributed by atoms with Crippen molar-refractivity contribution in [3.05, 3.63) is 48.5 Å². The summed E-state index contributed by atoms with van der Waals surface area (Å²) in [5.41, 5.74) is 6.28. The van der Waals surface area contributed by atoms with E-state index in [1.807, 2.05) is 37.4 Å². The third-order valence-electron chi connectivity index (χ3n) is 9.19. The lowest BCUT2D eigenvalue weighted by Gasteiger charge is -2.24. The SMILES string of the molecule is CN1C(=O)[C@@]2(CC[C@H](NS(=O)(=O)C3CC3)C2)c2c1cnc1[nH]c(-c3cnn(C)c3)c(-c3ccc4c(cnn4C)c3)c21. The Labute approximate surface area is 236 Å². The number of carbonyl (C=O) groups is 1. The number of hydrogen-bond donors (Lipinski definition) is 2. The highest BCUT2D eigenvalue weighted by atomic mass is 32.2. The zero-order valence-electron chi connectivity index (χ0n) is 23.0. The van der Waals surface area contributed by atoms with Crippen molar-refractivity contribution < 1.29 is 13.2 Å². The number of benzene rings is 1. The van der Waals surface area contributed by atoms with E-state index in [0.717, 1.165) is 49.9 Å². The van der Waals surface area contributed by atoms with Crippen LogP contribution >= 0.6 is 0 Å². The molecule has 8 rings (SSSR count). The molecule has 4 aromatic heterocycles. The summed E-state index contributed by atoms with van der Waals surface area (Å²) in [4.78, 5) is 24.1. The summed E-state index contributed by atoms with van der Waals surface area (Å²) >= 11 is 0. The van der Waals surface area contributed by atoms with Gasteiger partial charge in [-0.1, -0.05) is 6.07 Å². The number of nitrogens with zero attached hydrogens (tertiary/aromatic N) is 6. The number of fused-ring (bicyclic) bond motifs is 5. The number of aryl methyl sites for hydroxylation is 2. The maximum Gasteiger partial charge on any atom is 0.237 e. The van der Waals surface area contributed by atoms with Gasteiger partial charge in [0.25, 0.3) is 0 Å². The van der Waals surface area contributed by atoms with E-state index >= 15 is 0 Å². The number of amides is 1. The van der Waals surface area contributed by atoms with Crippen LogP contribution in [-0.2, 0) is 34.3 Å². The van der Waals surface area contributed by atoms with Gasteiger partial charge in [0, 0.05) is 60.8 Å². The van der Waals surface area contributed by atoms with E-state index in [0.29, 0.717) is 37.8 Å². The van der Waals surface area contributed by atoms with Gasteiger partial charge >= 0.3 is 0 Å². The summed E-state index contributed by atoms with van der Waals surface area (Å²) in [6, 6.07) is 5.98. The molecule has 3 aliphatic rings. The second kappa shape index (κ2) is 8.26. The number of H-pyrrole nitrogens is 1. The zero-order valence-corrected chi connectivity index (χ0v) is 23.9. The van der Waals surface area contributed by atoms with E-state index < -0.39 is 15.4 Å². The highest BCUT2D eigenvalue weighted by Crippen LogP contribution is 2.55. The minimum absolute atomic E-state index is 0.00675. The normalized spacial score (nSPS) is 22.6. The van der Waals surface area contributed by atoms with Crippen LogP contribution in [0.2, 0.25) is 0 Å². The van der Waals surface area contributed by atoms with Crippen LogP contribution in [0.1, 0.15) is 37.7 Å². The van der Waals surface area contributed by atoms with Gasteiger partial charge in [0.1, 0.15) is 5.65 Å². The molecule has 2 atom stereocenters. The van der Waals surface area contributed by atoms with Gasteiger partial charge in [0.15, 0.2) is 0 Å². The fourth-order valence-electron chi connectivity index (χ4n) is 7.07. The molecule has 5 heterocycles. The Morgan fingerprint density at radius 1 is 1.05 bits per heavy atom. The van der Waals surface area contributed by atoms with Crippen molar-refractivity contribution >= 4 is 43.6 Å². The average molecular weight is 571 g/mol. The maximum atomic E-state index is 14.1. The molecule has 1 aromatic carbocycles. The van der Waals surface area contributed by atoms with Crippen molar-refractivity contribution in [3.63, 3.8) is 0 Å². The molecule has 0 saturated heterocycles. The van der Waals surface area contributed by atoms with Crippen molar-refractivity contribution in [3.8, 4) is 22.4 Å². The maximum absolute atomic E-state index is 14.1. The summed E-state index contributed by atoms with van der Waals surface area (Å²) in [5, 5.41) is 10.5. The van der Waals surface area contributed by atoms with Gasteiger partial charge < -0.3 is 9.88 Å². The van der Waals surface area contributed by atoms with E-state index in [9.17, 15) is 13.2 Å². The molecular weight excluding hydrogens is 540 g/mol. The highest BCUT2D eigenvalue weighted by molar-refractivity contribution is 7.90. The monoisotopic (exact) mass is 570 g/mol. The number of carbonyl (C=O) groups excluding carboxylic acids is 1. The second-order valence-electron chi connectivity index (χ2n) is 11.8. The number of nitrogens with one attached hydrogen (secondary N) is 2. The van der Waals surface area contributed by atoms with Gasteiger partial charge in [-0.05, 0) is 49.8 Å². The topological polar surface area (TPSA) is 131 Å². The molecule has 210 valence electrons. The van der Waals surface area contributed by atoms with Crippen LogP contribution in [0.3, 0.4) is 0 Å². The van der Waals surface area contributed by atoms with Crippen LogP contribution in [0.5, 0.6) is 0 Å². The first kappa shape index (κ1) is 24.7. The van der Waals surface area contributed by atoms with Crippen LogP contribution in [0.15, 0.2) is 43.0 Å². The predicted molar refractivity (Wildman–Crippen MR) is 156 cm³/mol. The number of sulfonamides is 1. The lowest BCUT2D eigenvalue weighted by atomic mass is 9.77. The van der Waals surface area contributed by atoms with Crippen LogP contribution in [0.25, 0.3) is 44.3 Å². The van der Waals surface area contributed by atoms with E-state index in [4.69, 9.17) is 4.98 Å². The fraction of sp³-hybridized carbons (Fsp3) is 0.379. The Hall–Kier alpha value is -4.03. The molecule has 0 bridgehead atoms. The van der Waals surface area contributed by atoms with Crippen LogP contribution < -0.4 is 9.62 Å². The molecule has 2 saturated carbocycles. The second-order valence-corrected chi connectivity index (χ2v) is 13.8. The Kier molecular flexibility index (Phi) is 4.99. The van der Waals surface area contributed by atoms with Crippen molar-refractivity contribution in [1.29, 1.82) is 0 Å². The minimum Gasteiger partial charge on any atom is -0.339 e. The largest absolute Gasteiger partial charge is 0.339 e. The van der Waals surface area contributed by atoms with E-state index in [-0.39, 0.29) is 17.2 Å². The van der Waals surface area contributed by atoms with Gasteiger partial charge in [-0.15, -0.1) is 0 Å². The molecule has 2 aliphatic carbocycles. The van der Waals surface area contributed by atoms with E-state index in [2.05, 4.69) is 38.1 Å². The predicted octanol–water partition coefficient (Wildman–Crippen LogP) is 3.37. The number of rotatable bonds is 5. The summed E-state index contributed by atoms with van der Waals surface area (Å²) in [6.07, 6.45) is 10.4. The Morgan fingerprint density at radius 3 is 2.63 bits per heavy atom. The van der Waals surface area contributed by atoms with Crippen molar-refractivity contribution in [1.82, 2.24) is 34.3 Å². The first-order valence-corrected chi connectivity index (χ1v) is 15.5. The molecule has 2 N–H and O–H groups in total. The number of anilines is 1. The summed E-state index contributed by atoms with van der Waals surface area (Å²) in [6.45, 7) is 0. The third-order valence-corrected chi connectivity index (χ3v) is 11.2. The van der Waals surface area contributed by atoms with Gasteiger partial charge in [-0.3, -0.25) is 14.2 Å². The number of likely N-dealkylation sites (N-methyl/N-ethyl adjacent to an activating group) is 1. The van der Waals surface area contributed by atoms with Crippen LogP contribution in [0.4, 0.5) is 5.69 Å². The molecule has 5 aromatic rings. The fourth-order valence-corrected chi connectivity index (χ4v) is 8.69. The van der Waals surface area contributed by atoms with Gasteiger partial charge in [0.05, 0.1) is 46.2 Å². The Balaban J connectivity index is 1.37. The first-order valence-electron chi connectivity index (χ1n) is 13.9. The standard InChI is InChI=1S/C29H30N8O3S/c1-35-15-18(13-31-35)26-23(16-4-7-21-17(10-16)12-32-37(21)3)24-25-22(14-30-27(24)33-26)36(2)28(38)29(25)9-8-19(11-29)34-41(39,40)20-5-6-20/h4,7,10,12-15,19-20,34H,5-6,8-9,11H2,1-3H3,(H,30,33)/t19-,29+/m0/s1. The molecular formula is C29H30N8O3S. The number of pyridine rings is 1. The molecule has 2 fully saturated rings. The Morgan fingerprint density at radius 2 is 1.88 bits per heavy atom. The van der Waals surface area contributed by atoms with Crippen LogP contribution in [-0.4, -0.2) is 62.2 Å². The molecule has 1 amide bonds. The first-order chi connectivity index (χ1) is 19.7.